The zero-order valence-electron chi connectivity index (χ0n) is 14.7. The van der Waals surface area contributed by atoms with E-state index in [4.69, 9.17) is 9.26 Å². The molecule has 24 heavy (non-hydrogen) atoms. The number of carbonyl (C=O) groups is 2. The van der Waals surface area contributed by atoms with Gasteiger partial charge in [-0.05, 0) is 40.5 Å². The second-order valence-electron chi connectivity index (χ2n) is 7.03. The van der Waals surface area contributed by atoms with E-state index in [0.29, 0.717) is 19.6 Å². The Morgan fingerprint density at radius 2 is 2.08 bits per heavy atom. The van der Waals surface area contributed by atoms with E-state index < -0.39 is 0 Å². The predicted octanol–water partition coefficient (Wildman–Crippen LogP) is 2.26. The average Bonchev–Trinajstić information content (AvgIpc) is 2.69. The van der Waals surface area contributed by atoms with Crippen molar-refractivity contribution in [2.24, 2.45) is 5.92 Å². The van der Waals surface area contributed by atoms with Crippen LogP contribution in [0.5, 0.6) is 0 Å². The molecule has 4 heterocycles. The summed E-state index contributed by atoms with van der Waals surface area (Å²) in [6, 6.07) is 0.0182. The molecule has 0 aromatic carbocycles. The molecule has 0 N–H and O–H groups in total. The molecular weight excluding hydrogens is 310 g/mol. The third kappa shape index (κ3) is 3.12. The predicted molar refractivity (Wildman–Crippen MR) is 86.2 cm³/mol. The molecule has 0 aliphatic carbocycles. The maximum Gasteiger partial charge on any atom is 0.410 e. The number of amides is 2. The lowest BCUT2D eigenvalue weighted by Gasteiger charge is -2.35. The largest absolute Gasteiger partial charge is 0.447 e. The molecule has 132 valence electrons. The molecule has 1 aromatic rings. The number of ether oxygens (including phenoxy) is 1. The minimum atomic E-state index is -0.325. The highest BCUT2D eigenvalue weighted by molar-refractivity contribution is 5.82. The lowest BCUT2D eigenvalue weighted by molar-refractivity contribution is -0.140. The number of rotatable bonds is 3. The number of piperidine rings is 1. The molecule has 0 saturated carbocycles. The van der Waals surface area contributed by atoms with Crippen LogP contribution < -0.4 is 0 Å². The van der Waals surface area contributed by atoms with Crippen LogP contribution in [0.3, 0.4) is 0 Å². The second kappa shape index (κ2) is 6.45. The van der Waals surface area contributed by atoms with Crippen LogP contribution in [-0.4, -0.2) is 52.2 Å². The molecule has 7 heteroatoms. The molecule has 3 saturated heterocycles. The fourth-order valence-electron chi connectivity index (χ4n) is 3.57. The molecular formula is C17H25N3O4. The molecule has 0 spiro atoms. The lowest BCUT2D eigenvalue weighted by Crippen LogP contribution is -2.47. The highest BCUT2D eigenvalue weighted by Gasteiger charge is 2.42. The summed E-state index contributed by atoms with van der Waals surface area (Å²) in [4.78, 5) is 28.7. The summed E-state index contributed by atoms with van der Waals surface area (Å²) in [5, 5.41) is 3.97. The number of aryl methyl sites for hydroxylation is 2. The average molecular weight is 335 g/mol. The minimum Gasteiger partial charge on any atom is -0.447 e. The van der Waals surface area contributed by atoms with Gasteiger partial charge in [0.25, 0.3) is 0 Å². The van der Waals surface area contributed by atoms with Crippen molar-refractivity contribution in [1.82, 2.24) is 15.0 Å². The number of nitrogens with zero attached hydrogens (tertiary/aromatic N) is 3. The highest BCUT2D eigenvalue weighted by Crippen LogP contribution is 2.31. The Hall–Kier alpha value is -2.05. The normalized spacial score (nSPS) is 23.8. The third-order valence-electron chi connectivity index (χ3n) is 4.90. The van der Waals surface area contributed by atoms with Crippen LogP contribution in [0.2, 0.25) is 0 Å². The van der Waals surface area contributed by atoms with Crippen molar-refractivity contribution in [2.45, 2.75) is 59.2 Å². The summed E-state index contributed by atoms with van der Waals surface area (Å²) in [5.41, 5.74) is 1.78. The third-order valence-corrected chi connectivity index (χ3v) is 4.90. The Balaban J connectivity index is 1.79. The lowest BCUT2D eigenvalue weighted by atomic mass is 9.93. The van der Waals surface area contributed by atoms with E-state index in [-0.39, 0.29) is 30.1 Å². The van der Waals surface area contributed by atoms with Crippen molar-refractivity contribution in [3.05, 3.63) is 17.0 Å². The van der Waals surface area contributed by atoms with E-state index in [1.807, 2.05) is 32.6 Å². The van der Waals surface area contributed by atoms with Gasteiger partial charge in [0.15, 0.2) is 0 Å². The maximum atomic E-state index is 12.8. The summed E-state index contributed by atoms with van der Waals surface area (Å²) < 4.78 is 10.5. The Morgan fingerprint density at radius 3 is 2.71 bits per heavy atom. The molecule has 2 atom stereocenters. The van der Waals surface area contributed by atoms with Crippen LogP contribution in [0.4, 0.5) is 4.79 Å². The maximum absolute atomic E-state index is 12.8. The zero-order chi connectivity index (χ0) is 17.4. The number of hydrogen-bond donors (Lipinski definition) is 0. The first-order valence-electron chi connectivity index (χ1n) is 8.54. The Labute approximate surface area is 141 Å². The van der Waals surface area contributed by atoms with Gasteiger partial charge in [0.1, 0.15) is 5.76 Å². The van der Waals surface area contributed by atoms with Crippen LogP contribution in [0.1, 0.15) is 43.7 Å². The van der Waals surface area contributed by atoms with Crippen LogP contribution >= 0.6 is 0 Å². The summed E-state index contributed by atoms with van der Waals surface area (Å²) in [7, 11) is 0. The number of fused-ring (bicyclic) bond motifs is 4. The van der Waals surface area contributed by atoms with Crippen molar-refractivity contribution in [1.29, 1.82) is 0 Å². The van der Waals surface area contributed by atoms with Crippen molar-refractivity contribution in [3.63, 3.8) is 0 Å². The van der Waals surface area contributed by atoms with E-state index in [1.54, 1.807) is 4.90 Å². The van der Waals surface area contributed by atoms with Gasteiger partial charge in [-0.2, -0.15) is 0 Å². The van der Waals surface area contributed by atoms with Crippen LogP contribution in [0.15, 0.2) is 4.52 Å². The molecule has 1 aromatic heterocycles. The topological polar surface area (TPSA) is 75.9 Å². The molecule has 3 fully saturated rings. The molecule has 3 aliphatic rings. The second-order valence-corrected chi connectivity index (χ2v) is 7.03. The molecule has 7 nitrogen and oxygen atoms in total. The van der Waals surface area contributed by atoms with E-state index >= 15 is 0 Å². The summed E-state index contributed by atoms with van der Waals surface area (Å²) in [6.07, 6.45) is 1.25. The fraction of sp³-hybridized carbons (Fsp3) is 0.706. The quantitative estimate of drug-likeness (QED) is 0.847. The van der Waals surface area contributed by atoms with E-state index in [9.17, 15) is 9.59 Å². The SMILES string of the molecule is Cc1noc(C)c1CN1C(=O)[C@@H]2CC[C@H]1CN(C(=O)OC(C)C)C2. The van der Waals surface area contributed by atoms with Gasteiger partial charge in [-0.3, -0.25) is 4.79 Å². The van der Waals surface area contributed by atoms with Gasteiger partial charge in [0.2, 0.25) is 5.91 Å². The first-order valence-corrected chi connectivity index (χ1v) is 8.54. The van der Waals surface area contributed by atoms with Crippen molar-refractivity contribution >= 4 is 12.0 Å². The van der Waals surface area contributed by atoms with Crippen molar-refractivity contribution in [2.75, 3.05) is 13.1 Å². The van der Waals surface area contributed by atoms with Crippen LogP contribution in [0.25, 0.3) is 0 Å². The van der Waals surface area contributed by atoms with E-state index in [2.05, 4.69) is 5.16 Å². The molecule has 3 aliphatic heterocycles. The van der Waals surface area contributed by atoms with Gasteiger partial charge in [-0.1, -0.05) is 5.16 Å². The smallest absolute Gasteiger partial charge is 0.410 e. The van der Waals surface area contributed by atoms with Gasteiger partial charge in [-0.15, -0.1) is 0 Å². The first-order chi connectivity index (χ1) is 11.4. The van der Waals surface area contributed by atoms with Crippen molar-refractivity contribution < 1.29 is 18.8 Å². The standard InChI is InChI=1S/C17H25N3O4/c1-10(2)23-17(22)19-7-13-5-6-14(8-19)20(16(13)21)9-15-11(3)18-24-12(15)4/h10,13-14H,5-9H2,1-4H3/t13-,14+/m1/s1. The Bertz CT molecular complexity index is 620. The van der Waals surface area contributed by atoms with Gasteiger partial charge in [0.05, 0.1) is 24.3 Å². The Morgan fingerprint density at radius 1 is 1.33 bits per heavy atom. The van der Waals surface area contributed by atoms with Crippen LogP contribution in [0, 0.1) is 19.8 Å². The number of carbonyl (C=O) groups excluding carboxylic acids is 2. The summed E-state index contributed by atoms with van der Waals surface area (Å²) in [5.74, 6) is 0.714. The zero-order valence-corrected chi connectivity index (χ0v) is 14.7. The Kier molecular flexibility index (Phi) is 4.51. The number of aromatic nitrogens is 1. The van der Waals surface area contributed by atoms with E-state index in [1.165, 1.54) is 0 Å². The minimum absolute atomic E-state index is 0.0182. The van der Waals surface area contributed by atoms with Gasteiger partial charge >= 0.3 is 6.09 Å². The van der Waals surface area contributed by atoms with Gasteiger partial charge in [-0.25, -0.2) is 4.79 Å². The van der Waals surface area contributed by atoms with Crippen LogP contribution in [-0.2, 0) is 16.1 Å². The van der Waals surface area contributed by atoms with Gasteiger partial charge in [0, 0.05) is 24.7 Å². The monoisotopic (exact) mass is 335 g/mol. The van der Waals surface area contributed by atoms with Gasteiger partial charge < -0.3 is 19.1 Å². The summed E-state index contributed by atoms with van der Waals surface area (Å²) in [6.45, 7) is 8.88. The molecule has 0 radical (unpaired) electrons. The molecule has 2 bridgehead atoms. The molecule has 4 rings (SSSR count). The van der Waals surface area contributed by atoms with E-state index in [0.717, 1.165) is 29.9 Å². The first kappa shape index (κ1) is 16.8. The summed E-state index contributed by atoms with van der Waals surface area (Å²) >= 11 is 0. The molecule has 0 unspecified atom stereocenters. The molecule has 2 amide bonds. The fourth-order valence-corrected chi connectivity index (χ4v) is 3.57. The number of hydrogen-bond acceptors (Lipinski definition) is 5. The highest BCUT2D eigenvalue weighted by atomic mass is 16.6. The van der Waals surface area contributed by atoms with Crippen molar-refractivity contribution in [3.8, 4) is 0 Å².